The van der Waals surface area contributed by atoms with Crippen LogP contribution in [0.15, 0.2) is 30.3 Å². The lowest BCUT2D eigenvalue weighted by Crippen LogP contribution is -2.36. The molecule has 3 rings (SSSR count). The fourth-order valence-corrected chi connectivity index (χ4v) is 3.75. The maximum Gasteiger partial charge on any atom is 0.0843 e. The predicted molar refractivity (Wildman–Crippen MR) is 87.4 cm³/mol. The molecule has 0 aromatic heterocycles. The van der Waals surface area contributed by atoms with E-state index in [2.05, 4.69) is 35.6 Å². The van der Waals surface area contributed by atoms with Crippen LogP contribution in [0.2, 0.25) is 0 Å². The first-order chi connectivity index (χ1) is 10.4. The molecule has 0 bridgehead atoms. The molecular formula is C19H29NO. The van der Waals surface area contributed by atoms with E-state index in [0.717, 1.165) is 6.42 Å². The van der Waals surface area contributed by atoms with Gasteiger partial charge < -0.3 is 10.1 Å². The van der Waals surface area contributed by atoms with Crippen molar-refractivity contribution in [3.63, 3.8) is 0 Å². The third-order valence-corrected chi connectivity index (χ3v) is 4.99. The molecule has 1 aromatic carbocycles. The summed E-state index contributed by atoms with van der Waals surface area (Å²) in [5.41, 5.74) is 1.36. The average Bonchev–Trinajstić information content (AvgIpc) is 2.57. The molecule has 116 valence electrons. The predicted octanol–water partition coefficient (Wildman–Crippen LogP) is 4.61. The Bertz CT molecular complexity index is 373. The summed E-state index contributed by atoms with van der Waals surface area (Å²) in [7, 11) is 0. The summed E-state index contributed by atoms with van der Waals surface area (Å²) in [5.74, 6) is 0. The van der Waals surface area contributed by atoms with Crippen LogP contribution in [0.5, 0.6) is 0 Å². The van der Waals surface area contributed by atoms with Gasteiger partial charge in [-0.25, -0.2) is 0 Å². The van der Waals surface area contributed by atoms with Crippen LogP contribution in [0.25, 0.3) is 0 Å². The van der Waals surface area contributed by atoms with E-state index in [9.17, 15) is 0 Å². The summed E-state index contributed by atoms with van der Waals surface area (Å²) in [6.45, 7) is 1.18. The third-order valence-electron chi connectivity index (χ3n) is 4.99. The van der Waals surface area contributed by atoms with Crippen molar-refractivity contribution in [2.75, 3.05) is 6.54 Å². The Morgan fingerprint density at radius 2 is 1.71 bits per heavy atom. The normalized spacial score (nSPS) is 25.6. The molecule has 1 N–H and O–H groups in total. The molecule has 1 saturated heterocycles. The second-order valence-corrected chi connectivity index (χ2v) is 6.68. The molecular weight excluding hydrogens is 258 g/mol. The van der Waals surface area contributed by atoms with E-state index >= 15 is 0 Å². The Morgan fingerprint density at radius 3 is 2.43 bits per heavy atom. The van der Waals surface area contributed by atoms with E-state index in [1.54, 1.807) is 0 Å². The summed E-state index contributed by atoms with van der Waals surface area (Å²) in [6, 6.07) is 11.5. The molecule has 21 heavy (non-hydrogen) atoms. The molecule has 2 nitrogen and oxygen atoms in total. The Morgan fingerprint density at radius 1 is 0.952 bits per heavy atom. The molecule has 2 heteroatoms. The van der Waals surface area contributed by atoms with Gasteiger partial charge in [0.05, 0.1) is 12.2 Å². The zero-order valence-corrected chi connectivity index (χ0v) is 13.1. The number of rotatable bonds is 5. The average molecular weight is 287 g/mol. The van der Waals surface area contributed by atoms with Crippen molar-refractivity contribution >= 4 is 0 Å². The fourth-order valence-electron chi connectivity index (χ4n) is 3.75. The number of ether oxygens (including phenoxy) is 1. The third kappa shape index (κ3) is 4.55. The SMILES string of the molecule is c1ccc(C(CC2CCCCN2)OC2CCCCC2)cc1. The van der Waals surface area contributed by atoms with Crippen molar-refractivity contribution in [1.29, 1.82) is 0 Å². The van der Waals surface area contributed by atoms with Crippen LogP contribution in [0.4, 0.5) is 0 Å². The first-order valence-corrected chi connectivity index (χ1v) is 8.85. The first-order valence-electron chi connectivity index (χ1n) is 8.85. The van der Waals surface area contributed by atoms with E-state index in [1.165, 1.54) is 63.5 Å². The monoisotopic (exact) mass is 287 g/mol. The minimum Gasteiger partial charge on any atom is -0.370 e. The van der Waals surface area contributed by atoms with E-state index in [1.807, 2.05) is 0 Å². The van der Waals surface area contributed by atoms with Crippen LogP contribution in [0.1, 0.15) is 69.5 Å². The van der Waals surface area contributed by atoms with Gasteiger partial charge in [0, 0.05) is 6.04 Å². The summed E-state index contributed by atoms with van der Waals surface area (Å²) in [6.07, 6.45) is 12.4. The largest absolute Gasteiger partial charge is 0.370 e. The molecule has 1 aliphatic heterocycles. The summed E-state index contributed by atoms with van der Waals surface area (Å²) < 4.78 is 6.54. The second-order valence-electron chi connectivity index (χ2n) is 6.68. The lowest BCUT2D eigenvalue weighted by Gasteiger charge is -2.32. The van der Waals surface area contributed by atoms with Gasteiger partial charge in [0.2, 0.25) is 0 Å². The smallest absolute Gasteiger partial charge is 0.0843 e. The minimum atomic E-state index is 0.268. The fraction of sp³-hybridized carbons (Fsp3) is 0.684. The highest BCUT2D eigenvalue weighted by molar-refractivity contribution is 5.18. The zero-order chi connectivity index (χ0) is 14.3. The summed E-state index contributed by atoms with van der Waals surface area (Å²) in [5, 5.41) is 3.68. The van der Waals surface area contributed by atoms with Gasteiger partial charge in [-0.05, 0) is 44.2 Å². The molecule has 1 aliphatic carbocycles. The van der Waals surface area contributed by atoms with Gasteiger partial charge in [-0.3, -0.25) is 0 Å². The van der Waals surface area contributed by atoms with Gasteiger partial charge in [-0.15, -0.1) is 0 Å². The molecule has 2 atom stereocenters. The number of hydrogen-bond donors (Lipinski definition) is 1. The van der Waals surface area contributed by atoms with Crippen molar-refractivity contribution in [3.8, 4) is 0 Å². The molecule has 1 heterocycles. The Balaban J connectivity index is 1.64. The Kier molecular flexibility index (Phi) is 5.70. The van der Waals surface area contributed by atoms with Gasteiger partial charge in [0.1, 0.15) is 0 Å². The maximum absolute atomic E-state index is 6.54. The van der Waals surface area contributed by atoms with Crippen molar-refractivity contribution in [1.82, 2.24) is 5.32 Å². The van der Waals surface area contributed by atoms with Crippen molar-refractivity contribution < 1.29 is 4.74 Å². The molecule has 2 fully saturated rings. The highest BCUT2D eigenvalue weighted by atomic mass is 16.5. The molecule has 1 saturated carbocycles. The molecule has 0 radical (unpaired) electrons. The highest BCUT2D eigenvalue weighted by Gasteiger charge is 2.24. The van der Waals surface area contributed by atoms with Gasteiger partial charge in [-0.2, -0.15) is 0 Å². The minimum absolute atomic E-state index is 0.268. The molecule has 0 spiro atoms. The zero-order valence-electron chi connectivity index (χ0n) is 13.1. The number of benzene rings is 1. The quantitative estimate of drug-likeness (QED) is 0.854. The van der Waals surface area contributed by atoms with Crippen LogP contribution in [-0.4, -0.2) is 18.7 Å². The van der Waals surface area contributed by atoms with Gasteiger partial charge in [0.15, 0.2) is 0 Å². The van der Waals surface area contributed by atoms with Crippen LogP contribution in [0.3, 0.4) is 0 Å². The number of hydrogen-bond acceptors (Lipinski definition) is 2. The van der Waals surface area contributed by atoms with Gasteiger partial charge in [0.25, 0.3) is 0 Å². The van der Waals surface area contributed by atoms with Crippen LogP contribution in [0, 0.1) is 0 Å². The standard InChI is InChI=1S/C19H29NO/c1-3-9-16(10-4-1)19(15-17-11-7-8-14-20-17)21-18-12-5-2-6-13-18/h1,3-4,9-10,17-20H,2,5-8,11-15H2. The maximum atomic E-state index is 6.54. The van der Waals surface area contributed by atoms with E-state index in [-0.39, 0.29) is 6.10 Å². The van der Waals surface area contributed by atoms with Gasteiger partial charge >= 0.3 is 0 Å². The van der Waals surface area contributed by atoms with E-state index in [0.29, 0.717) is 12.1 Å². The lowest BCUT2D eigenvalue weighted by molar-refractivity contribution is -0.0403. The van der Waals surface area contributed by atoms with Crippen molar-refractivity contribution in [2.45, 2.75) is 76.0 Å². The molecule has 2 unspecified atom stereocenters. The summed E-state index contributed by atoms with van der Waals surface area (Å²) >= 11 is 0. The van der Waals surface area contributed by atoms with Gasteiger partial charge in [-0.1, -0.05) is 56.0 Å². The Hall–Kier alpha value is -0.860. The first kappa shape index (κ1) is 15.1. The molecule has 1 aromatic rings. The van der Waals surface area contributed by atoms with E-state index in [4.69, 9.17) is 4.74 Å². The van der Waals surface area contributed by atoms with Crippen LogP contribution >= 0.6 is 0 Å². The molecule has 0 amide bonds. The highest BCUT2D eigenvalue weighted by Crippen LogP contribution is 2.31. The van der Waals surface area contributed by atoms with Crippen LogP contribution < -0.4 is 5.32 Å². The van der Waals surface area contributed by atoms with Crippen molar-refractivity contribution in [3.05, 3.63) is 35.9 Å². The van der Waals surface area contributed by atoms with Crippen molar-refractivity contribution in [2.24, 2.45) is 0 Å². The number of piperidine rings is 1. The Labute approximate surface area is 129 Å². The van der Waals surface area contributed by atoms with E-state index < -0.39 is 0 Å². The number of nitrogens with one attached hydrogen (secondary N) is 1. The molecule has 2 aliphatic rings. The summed E-state index contributed by atoms with van der Waals surface area (Å²) in [4.78, 5) is 0. The second kappa shape index (κ2) is 7.95. The topological polar surface area (TPSA) is 21.3 Å². The lowest BCUT2D eigenvalue weighted by atomic mass is 9.94. The van der Waals surface area contributed by atoms with Crippen LogP contribution in [-0.2, 0) is 4.74 Å².